The molecule has 2 nitrogen and oxygen atoms in total. The quantitative estimate of drug-likeness (QED) is 0.759. The van der Waals surface area contributed by atoms with E-state index in [0.717, 1.165) is 0 Å². The van der Waals surface area contributed by atoms with Crippen molar-refractivity contribution in [1.29, 1.82) is 0 Å². The summed E-state index contributed by atoms with van der Waals surface area (Å²) in [5.74, 6) is 0. The van der Waals surface area contributed by atoms with Crippen LogP contribution in [0.3, 0.4) is 0 Å². The van der Waals surface area contributed by atoms with Crippen LogP contribution in [0.1, 0.15) is 4.88 Å². The number of rotatable bonds is 3. The number of hydrogen-bond acceptors (Lipinski definition) is 3. The SMILES string of the molecule is S=C(NCc1cccs1)C(=S)Nc1cc(Cl)cc(Cl)c1. The van der Waals surface area contributed by atoms with E-state index < -0.39 is 0 Å². The second kappa shape index (κ2) is 7.33. The van der Waals surface area contributed by atoms with E-state index in [2.05, 4.69) is 10.6 Å². The maximum atomic E-state index is 5.93. The van der Waals surface area contributed by atoms with Crippen LogP contribution in [0.4, 0.5) is 5.69 Å². The molecule has 0 unspecified atom stereocenters. The van der Waals surface area contributed by atoms with Crippen molar-refractivity contribution in [2.45, 2.75) is 6.54 Å². The van der Waals surface area contributed by atoms with Crippen molar-refractivity contribution in [3.8, 4) is 0 Å². The number of thiophene rings is 1. The van der Waals surface area contributed by atoms with Crippen molar-refractivity contribution in [2.24, 2.45) is 0 Å². The highest BCUT2D eigenvalue weighted by molar-refractivity contribution is 7.89. The van der Waals surface area contributed by atoms with Gasteiger partial charge in [-0.2, -0.15) is 0 Å². The van der Waals surface area contributed by atoms with E-state index in [4.69, 9.17) is 47.6 Å². The summed E-state index contributed by atoms with van der Waals surface area (Å²) < 4.78 is 0. The van der Waals surface area contributed by atoms with Gasteiger partial charge < -0.3 is 10.6 Å². The zero-order valence-corrected chi connectivity index (χ0v) is 14.1. The van der Waals surface area contributed by atoms with Gasteiger partial charge in [0.15, 0.2) is 0 Å². The molecular weight excluding hydrogens is 351 g/mol. The van der Waals surface area contributed by atoms with Crippen molar-refractivity contribution in [3.05, 3.63) is 50.6 Å². The lowest BCUT2D eigenvalue weighted by Gasteiger charge is -2.11. The van der Waals surface area contributed by atoms with Gasteiger partial charge in [0.25, 0.3) is 0 Å². The van der Waals surface area contributed by atoms with Crippen LogP contribution < -0.4 is 10.6 Å². The normalized spacial score (nSPS) is 10.1. The van der Waals surface area contributed by atoms with E-state index in [1.54, 1.807) is 29.5 Å². The molecule has 2 rings (SSSR count). The zero-order chi connectivity index (χ0) is 14.5. The molecule has 0 saturated carbocycles. The van der Waals surface area contributed by atoms with Crippen LogP contribution in [0.5, 0.6) is 0 Å². The lowest BCUT2D eigenvalue weighted by Crippen LogP contribution is -2.31. The minimum absolute atomic E-state index is 0.440. The first-order valence-corrected chi connectivity index (χ1v) is 8.07. The zero-order valence-electron chi connectivity index (χ0n) is 10.2. The molecule has 1 heterocycles. The van der Waals surface area contributed by atoms with Gasteiger partial charge in [-0.25, -0.2) is 0 Å². The van der Waals surface area contributed by atoms with Crippen molar-refractivity contribution in [2.75, 3.05) is 5.32 Å². The molecule has 0 aliphatic rings. The Bertz CT molecular complexity index is 606. The number of thiocarbonyl (C=S) groups is 2. The molecule has 1 aromatic carbocycles. The fraction of sp³-hybridized carbons (Fsp3) is 0.0769. The monoisotopic (exact) mass is 360 g/mol. The third-order valence-electron chi connectivity index (χ3n) is 2.33. The molecule has 2 aromatic rings. The molecule has 7 heteroatoms. The summed E-state index contributed by atoms with van der Waals surface area (Å²) >= 11 is 24.0. The van der Waals surface area contributed by atoms with Gasteiger partial charge in [-0.1, -0.05) is 53.7 Å². The Kier molecular flexibility index (Phi) is 5.74. The number of anilines is 1. The van der Waals surface area contributed by atoms with Crippen molar-refractivity contribution >= 4 is 74.6 Å². The van der Waals surface area contributed by atoms with Crippen LogP contribution in [0, 0.1) is 0 Å². The standard InChI is InChI=1S/C13H10Cl2N2S3/c14-8-4-9(15)6-10(5-8)17-13(19)12(18)16-7-11-2-1-3-20-11/h1-6H,7H2,(H,16,18)(H,17,19). The molecule has 20 heavy (non-hydrogen) atoms. The van der Waals surface area contributed by atoms with Crippen LogP contribution in [0.25, 0.3) is 0 Å². The molecule has 1 aromatic heterocycles. The number of hydrogen-bond donors (Lipinski definition) is 2. The summed E-state index contributed by atoms with van der Waals surface area (Å²) in [6.45, 7) is 0.661. The third-order valence-corrected chi connectivity index (χ3v) is 4.43. The van der Waals surface area contributed by atoms with Gasteiger partial charge in [-0.05, 0) is 29.6 Å². The van der Waals surface area contributed by atoms with Crippen LogP contribution >= 0.6 is 59.0 Å². The number of nitrogens with one attached hydrogen (secondary N) is 2. The number of halogens is 2. The summed E-state index contributed by atoms with van der Waals surface area (Å²) in [6.07, 6.45) is 0. The summed E-state index contributed by atoms with van der Waals surface area (Å²) in [5, 5.41) is 9.22. The topological polar surface area (TPSA) is 24.1 Å². The molecule has 0 saturated heterocycles. The smallest absolute Gasteiger partial charge is 0.138 e. The Hall–Kier alpha value is -0.720. The minimum Gasteiger partial charge on any atom is -0.369 e. The molecular formula is C13H10Cl2N2S3. The van der Waals surface area contributed by atoms with Crippen molar-refractivity contribution in [3.63, 3.8) is 0 Å². The molecule has 0 radical (unpaired) electrons. The summed E-state index contributed by atoms with van der Waals surface area (Å²) in [4.78, 5) is 2.13. The van der Waals surface area contributed by atoms with E-state index in [0.29, 0.717) is 32.3 Å². The molecule has 0 atom stereocenters. The van der Waals surface area contributed by atoms with Gasteiger partial charge in [0.05, 0.1) is 6.54 Å². The summed E-state index contributed by atoms with van der Waals surface area (Å²) in [6, 6.07) is 9.16. The average Bonchev–Trinajstić information content (AvgIpc) is 2.87. The molecule has 2 N–H and O–H groups in total. The average molecular weight is 361 g/mol. The Morgan fingerprint density at radius 2 is 1.80 bits per heavy atom. The van der Waals surface area contributed by atoms with Crippen LogP contribution in [0.2, 0.25) is 10.0 Å². The minimum atomic E-state index is 0.440. The summed E-state index contributed by atoms with van der Waals surface area (Å²) in [5.41, 5.74) is 0.716. The third kappa shape index (κ3) is 4.68. The van der Waals surface area contributed by atoms with E-state index in [9.17, 15) is 0 Å². The van der Waals surface area contributed by atoms with Crippen LogP contribution in [0.15, 0.2) is 35.7 Å². The highest BCUT2D eigenvalue weighted by Crippen LogP contribution is 2.22. The maximum Gasteiger partial charge on any atom is 0.138 e. The molecule has 0 aliphatic heterocycles. The second-order valence-corrected chi connectivity index (χ2v) is 6.60. The predicted molar refractivity (Wildman–Crippen MR) is 96.4 cm³/mol. The number of benzene rings is 1. The molecule has 0 bridgehead atoms. The lowest BCUT2D eigenvalue weighted by molar-refractivity contribution is 0.958. The van der Waals surface area contributed by atoms with E-state index in [1.165, 1.54) is 4.88 Å². The molecule has 0 fully saturated rings. The highest BCUT2D eigenvalue weighted by Gasteiger charge is 2.06. The largest absolute Gasteiger partial charge is 0.369 e. The van der Waals surface area contributed by atoms with Gasteiger partial charge in [0, 0.05) is 20.6 Å². The van der Waals surface area contributed by atoms with Crippen LogP contribution in [-0.4, -0.2) is 9.98 Å². The maximum absolute atomic E-state index is 5.93. The molecule has 0 spiro atoms. The molecule has 0 amide bonds. The van der Waals surface area contributed by atoms with E-state index in [-0.39, 0.29) is 0 Å². The second-order valence-electron chi connectivity index (χ2n) is 3.87. The Labute approximate surface area is 142 Å². The first kappa shape index (κ1) is 15.7. The fourth-order valence-electron chi connectivity index (χ4n) is 1.47. The highest BCUT2D eigenvalue weighted by atomic mass is 35.5. The van der Waals surface area contributed by atoms with Gasteiger partial charge in [0.1, 0.15) is 9.98 Å². The first-order valence-electron chi connectivity index (χ1n) is 5.62. The summed E-state index contributed by atoms with van der Waals surface area (Å²) in [7, 11) is 0. The van der Waals surface area contributed by atoms with Gasteiger partial charge >= 0.3 is 0 Å². The van der Waals surface area contributed by atoms with Gasteiger partial charge in [-0.15, -0.1) is 11.3 Å². The Morgan fingerprint density at radius 3 is 2.40 bits per heavy atom. The van der Waals surface area contributed by atoms with Crippen molar-refractivity contribution < 1.29 is 0 Å². The Balaban J connectivity index is 1.92. The van der Waals surface area contributed by atoms with Gasteiger partial charge in [0.2, 0.25) is 0 Å². The fourth-order valence-corrected chi connectivity index (χ4v) is 2.96. The Morgan fingerprint density at radius 1 is 1.10 bits per heavy atom. The first-order chi connectivity index (χ1) is 9.54. The van der Waals surface area contributed by atoms with Crippen LogP contribution in [-0.2, 0) is 6.54 Å². The van der Waals surface area contributed by atoms with E-state index >= 15 is 0 Å². The van der Waals surface area contributed by atoms with Crippen molar-refractivity contribution in [1.82, 2.24) is 5.32 Å². The van der Waals surface area contributed by atoms with E-state index in [1.807, 2.05) is 17.5 Å². The molecule has 0 aliphatic carbocycles. The molecule has 104 valence electrons. The van der Waals surface area contributed by atoms with Gasteiger partial charge in [-0.3, -0.25) is 0 Å². The lowest BCUT2D eigenvalue weighted by atomic mass is 10.3. The predicted octanol–water partition coefficient (Wildman–Crippen LogP) is 4.91.